The third-order valence-corrected chi connectivity index (χ3v) is 2.86. The average molecular weight is 240 g/mol. The van der Waals surface area contributed by atoms with Gasteiger partial charge in [-0.25, -0.2) is 0 Å². The topological polar surface area (TPSA) is 63.4 Å². The number of rotatable bonds is 5. The van der Waals surface area contributed by atoms with Gasteiger partial charge in [0.1, 0.15) is 6.10 Å². The normalized spacial score (nSPS) is 21.9. The van der Waals surface area contributed by atoms with Crippen LogP contribution in [-0.2, 0) is 11.2 Å². The molecule has 1 aliphatic heterocycles. The summed E-state index contributed by atoms with van der Waals surface area (Å²) in [5.74, 6) is 1.38. The van der Waals surface area contributed by atoms with Crippen LogP contribution in [0.2, 0.25) is 0 Å². The summed E-state index contributed by atoms with van der Waals surface area (Å²) >= 11 is 0. The molecule has 0 saturated carbocycles. The third kappa shape index (κ3) is 3.49. The molecule has 0 spiro atoms. The summed E-state index contributed by atoms with van der Waals surface area (Å²) in [4.78, 5) is 6.60. The number of hydrogen-bond acceptors (Lipinski definition) is 6. The number of nitrogens with one attached hydrogen (secondary N) is 1. The van der Waals surface area contributed by atoms with E-state index in [2.05, 4.69) is 27.4 Å². The van der Waals surface area contributed by atoms with Gasteiger partial charge in [-0.15, -0.1) is 0 Å². The molecule has 1 aromatic rings. The quantitative estimate of drug-likeness (QED) is 0.743. The van der Waals surface area contributed by atoms with Gasteiger partial charge >= 0.3 is 0 Å². The number of aryl methyl sites for hydroxylation is 1. The monoisotopic (exact) mass is 240 g/mol. The molecule has 2 rings (SSSR count). The molecule has 1 atom stereocenters. The summed E-state index contributed by atoms with van der Waals surface area (Å²) in [6.07, 6.45) is 1.77. The lowest BCUT2D eigenvalue weighted by Gasteiger charge is -2.27. The van der Waals surface area contributed by atoms with Crippen molar-refractivity contribution in [3.8, 4) is 0 Å². The Balaban J connectivity index is 1.88. The predicted octanol–water partition coefficient (Wildman–Crippen LogP) is 0.225. The zero-order chi connectivity index (χ0) is 12.1. The molecule has 0 aromatic carbocycles. The summed E-state index contributed by atoms with van der Waals surface area (Å²) < 4.78 is 10.8. The van der Waals surface area contributed by atoms with E-state index >= 15 is 0 Å². The van der Waals surface area contributed by atoms with Crippen molar-refractivity contribution in [2.75, 3.05) is 40.3 Å². The van der Waals surface area contributed by atoms with Crippen LogP contribution in [0.3, 0.4) is 0 Å². The lowest BCUT2D eigenvalue weighted by molar-refractivity contribution is -0.0264. The second kappa shape index (κ2) is 6.09. The Morgan fingerprint density at radius 1 is 1.53 bits per heavy atom. The molecule has 0 bridgehead atoms. The van der Waals surface area contributed by atoms with E-state index in [1.54, 1.807) is 0 Å². The van der Waals surface area contributed by atoms with Gasteiger partial charge in [-0.3, -0.25) is 0 Å². The lowest BCUT2D eigenvalue weighted by Crippen LogP contribution is -2.35. The van der Waals surface area contributed by atoms with Gasteiger partial charge < -0.3 is 19.5 Å². The van der Waals surface area contributed by atoms with Crippen molar-refractivity contribution in [2.24, 2.45) is 0 Å². The van der Waals surface area contributed by atoms with Gasteiger partial charge in [0.05, 0.1) is 6.61 Å². The van der Waals surface area contributed by atoms with Crippen LogP contribution in [0, 0.1) is 0 Å². The average Bonchev–Trinajstić information content (AvgIpc) is 2.78. The SMILES string of the molecule is CNCCCc1nc(C2CN(C)CCO2)no1. The van der Waals surface area contributed by atoms with Crippen LogP contribution in [-0.4, -0.2) is 55.4 Å². The maximum atomic E-state index is 5.63. The van der Waals surface area contributed by atoms with E-state index in [0.717, 1.165) is 39.1 Å². The van der Waals surface area contributed by atoms with Crippen molar-refractivity contribution < 1.29 is 9.26 Å². The third-order valence-electron chi connectivity index (χ3n) is 2.86. The Morgan fingerprint density at radius 2 is 2.41 bits per heavy atom. The summed E-state index contributed by atoms with van der Waals surface area (Å²) in [7, 11) is 4.01. The zero-order valence-electron chi connectivity index (χ0n) is 10.5. The van der Waals surface area contributed by atoms with E-state index in [1.807, 2.05) is 7.05 Å². The molecule has 1 N–H and O–H groups in total. The highest BCUT2D eigenvalue weighted by molar-refractivity contribution is 4.94. The molecular formula is C11H20N4O2. The second-order valence-corrected chi connectivity index (χ2v) is 4.38. The van der Waals surface area contributed by atoms with Crippen molar-refractivity contribution in [2.45, 2.75) is 18.9 Å². The van der Waals surface area contributed by atoms with Gasteiger partial charge in [0.25, 0.3) is 0 Å². The Hall–Kier alpha value is -0.980. The van der Waals surface area contributed by atoms with Crippen LogP contribution in [0.15, 0.2) is 4.52 Å². The molecule has 0 amide bonds. The number of likely N-dealkylation sites (N-methyl/N-ethyl adjacent to an activating group) is 1. The highest BCUT2D eigenvalue weighted by atomic mass is 16.5. The molecule has 1 saturated heterocycles. The largest absolute Gasteiger partial charge is 0.367 e. The summed E-state index contributed by atoms with van der Waals surface area (Å²) in [6.45, 7) is 3.48. The van der Waals surface area contributed by atoms with Crippen LogP contribution < -0.4 is 5.32 Å². The molecule has 0 aliphatic carbocycles. The number of ether oxygens (including phenoxy) is 1. The van der Waals surface area contributed by atoms with Crippen LogP contribution in [0.4, 0.5) is 0 Å². The second-order valence-electron chi connectivity index (χ2n) is 4.38. The minimum Gasteiger partial charge on any atom is -0.367 e. The van der Waals surface area contributed by atoms with Crippen molar-refractivity contribution in [3.63, 3.8) is 0 Å². The van der Waals surface area contributed by atoms with Crippen LogP contribution >= 0.6 is 0 Å². The first-order valence-electron chi connectivity index (χ1n) is 6.07. The lowest BCUT2D eigenvalue weighted by atomic mass is 10.2. The molecule has 1 aliphatic rings. The van der Waals surface area contributed by atoms with E-state index in [1.165, 1.54) is 0 Å². The van der Waals surface area contributed by atoms with E-state index < -0.39 is 0 Å². The van der Waals surface area contributed by atoms with Crippen molar-refractivity contribution in [3.05, 3.63) is 11.7 Å². The number of aromatic nitrogens is 2. The van der Waals surface area contributed by atoms with Crippen LogP contribution in [0.1, 0.15) is 24.2 Å². The fourth-order valence-electron chi connectivity index (χ4n) is 1.85. The first-order valence-corrected chi connectivity index (χ1v) is 6.07. The van der Waals surface area contributed by atoms with Crippen LogP contribution in [0.5, 0.6) is 0 Å². The Bertz CT molecular complexity index is 342. The van der Waals surface area contributed by atoms with Gasteiger partial charge in [0.15, 0.2) is 0 Å². The predicted molar refractivity (Wildman–Crippen MR) is 62.7 cm³/mol. The smallest absolute Gasteiger partial charge is 0.226 e. The first kappa shape index (κ1) is 12.5. The van der Waals surface area contributed by atoms with Gasteiger partial charge in [0, 0.05) is 19.5 Å². The summed E-state index contributed by atoms with van der Waals surface area (Å²) in [6, 6.07) is 0. The molecule has 1 aromatic heterocycles. The van der Waals surface area contributed by atoms with E-state index in [-0.39, 0.29) is 6.10 Å². The summed E-state index contributed by atoms with van der Waals surface area (Å²) in [5.41, 5.74) is 0. The van der Waals surface area contributed by atoms with Crippen LogP contribution in [0.25, 0.3) is 0 Å². The number of hydrogen-bond donors (Lipinski definition) is 1. The molecule has 6 nitrogen and oxygen atoms in total. The van der Waals surface area contributed by atoms with Crippen molar-refractivity contribution in [1.29, 1.82) is 0 Å². The zero-order valence-corrected chi connectivity index (χ0v) is 10.5. The molecule has 1 unspecified atom stereocenters. The molecular weight excluding hydrogens is 220 g/mol. The number of nitrogens with zero attached hydrogens (tertiary/aromatic N) is 3. The maximum absolute atomic E-state index is 5.63. The van der Waals surface area contributed by atoms with Gasteiger partial charge in [-0.1, -0.05) is 5.16 Å². The Labute approximate surface area is 101 Å². The maximum Gasteiger partial charge on any atom is 0.226 e. The minimum atomic E-state index is -0.0458. The highest BCUT2D eigenvalue weighted by Gasteiger charge is 2.24. The van der Waals surface area contributed by atoms with Gasteiger partial charge in [-0.2, -0.15) is 4.98 Å². The molecule has 17 heavy (non-hydrogen) atoms. The first-order chi connectivity index (χ1) is 8.29. The van der Waals surface area contributed by atoms with Crippen molar-refractivity contribution >= 4 is 0 Å². The fraction of sp³-hybridized carbons (Fsp3) is 0.818. The van der Waals surface area contributed by atoms with Crippen molar-refractivity contribution in [1.82, 2.24) is 20.4 Å². The Kier molecular flexibility index (Phi) is 4.47. The van der Waals surface area contributed by atoms with E-state index in [9.17, 15) is 0 Å². The molecule has 6 heteroatoms. The minimum absolute atomic E-state index is 0.0458. The molecule has 2 heterocycles. The standard InChI is InChI=1S/C11H20N4O2/c1-12-5-3-4-10-13-11(14-17-10)9-8-15(2)6-7-16-9/h9,12H,3-8H2,1-2H3. The highest BCUT2D eigenvalue weighted by Crippen LogP contribution is 2.18. The Morgan fingerprint density at radius 3 is 3.18 bits per heavy atom. The summed E-state index contributed by atoms with van der Waals surface area (Å²) in [5, 5.41) is 7.09. The van der Waals surface area contributed by atoms with E-state index in [4.69, 9.17) is 9.26 Å². The fourth-order valence-corrected chi connectivity index (χ4v) is 1.85. The van der Waals surface area contributed by atoms with Gasteiger partial charge in [0.2, 0.25) is 11.7 Å². The van der Waals surface area contributed by atoms with Gasteiger partial charge in [-0.05, 0) is 27.1 Å². The molecule has 96 valence electrons. The molecule has 0 radical (unpaired) electrons. The molecule has 1 fully saturated rings. The van der Waals surface area contributed by atoms with E-state index in [0.29, 0.717) is 11.7 Å². The number of morpholine rings is 1.